The third kappa shape index (κ3) is 5.75. The molecule has 34 heavy (non-hydrogen) atoms. The fraction of sp³-hybridized carbons (Fsp3) is 0.423. The van der Waals surface area contributed by atoms with Gasteiger partial charge >= 0.3 is 12.1 Å². The average molecular weight is 467 g/mol. The number of nitrogens with one attached hydrogen (secondary N) is 2. The van der Waals surface area contributed by atoms with Gasteiger partial charge in [0, 0.05) is 18.5 Å². The molecule has 0 bridgehead atoms. The Balaban J connectivity index is 1.13. The molecule has 2 atom stereocenters. The van der Waals surface area contributed by atoms with Crippen molar-refractivity contribution >= 4 is 18.0 Å². The summed E-state index contributed by atoms with van der Waals surface area (Å²) in [5, 5.41) is 14.6. The van der Waals surface area contributed by atoms with Gasteiger partial charge in [-0.2, -0.15) is 0 Å². The Hall–Kier alpha value is -3.39. The van der Waals surface area contributed by atoms with E-state index in [-0.39, 0.29) is 44.2 Å². The second-order valence-electron chi connectivity index (χ2n) is 8.77. The zero-order valence-electron chi connectivity index (χ0n) is 19.0. The number of rotatable bonds is 9. The normalized spacial score (nSPS) is 19.1. The summed E-state index contributed by atoms with van der Waals surface area (Å²) in [5.74, 6) is -1.49. The Morgan fingerprint density at radius 1 is 0.971 bits per heavy atom. The second kappa shape index (κ2) is 11.2. The van der Waals surface area contributed by atoms with Gasteiger partial charge < -0.3 is 25.2 Å². The molecule has 2 aromatic rings. The molecule has 180 valence electrons. The number of hydrogen-bond acceptors (Lipinski definition) is 5. The minimum absolute atomic E-state index is 0.00129. The van der Waals surface area contributed by atoms with Crippen LogP contribution < -0.4 is 10.6 Å². The van der Waals surface area contributed by atoms with Gasteiger partial charge in [0.2, 0.25) is 5.91 Å². The third-order valence-corrected chi connectivity index (χ3v) is 6.48. The van der Waals surface area contributed by atoms with Crippen LogP contribution >= 0.6 is 0 Å². The predicted molar refractivity (Wildman–Crippen MR) is 125 cm³/mol. The lowest BCUT2D eigenvalue weighted by atomic mass is 9.86. The molecule has 0 spiro atoms. The number of carbonyl (C=O) groups excluding carboxylic acids is 2. The van der Waals surface area contributed by atoms with Crippen molar-refractivity contribution in [3.8, 4) is 11.1 Å². The van der Waals surface area contributed by atoms with E-state index in [1.807, 2.05) is 24.3 Å². The van der Waals surface area contributed by atoms with Crippen LogP contribution in [0.5, 0.6) is 0 Å². The maximum Gasteiger partial charge on any atom is 0.407 e. The van der Waals surface area contributed by atoms with Gasteiger partial charge in [0.1, 0.15) is 13.2 Å². The highest BCUT2D eigenvalue weighted by Crippen LogP contribution is 2.44. The number of alkyl carbamates (subject to hydrolysis) is 1. The zero-order valence-corrected chi connectivity index (χ0v) is 19.0. The van der Waals surface area contributed by atoms with Gasteiger partial charge in [-0.1, -0.05) is 55.0 Å². The van der Waals surface area contributed by atoms with E-state index in [0.717, 1.165) is 24.0 Å². The Morgan fingerprint density at radius 3 is 2.32 bits per heavy atom. The van der Waals surface area contributed by atoms with Gasteiger partial charge in [-0.25, -0.2) is 4.79 Å². The molecule has 0 saturated heterocycles. The number of carboxylic acids is 1. The van der Waals surface area contributed by atoms with Crippen molar-refractivity contribution in [3.63, 3.8) is 0 Å². The fourth-order valence-corrected chi connectivity index (χ4v) is 4.85. The molecule has 8 nitrogen and oxygen atoms in total. The van der Waals surface area contributed by atoms with E-state index in [4.69, 9.17) is 14.6 Å². The smallest absolute Gasteiger partial charge is 0.407 e. The number of carboxylic acid groups (broad SMARTS) is 1. The molecule has 3 N–H and O–H groups in total. The van der Waals surface area contributed by atoms with Crippen LogP contribution in [0.3, 0.4) is 0 Å². The summed E-state index contributed by atoms with van der Waals surface area (Å²) in [7, 11) is 0. The van der Waals surface area contributed by atoms with Crippen molar-refractivity contribution in [2.75, 3.05) is 26.4 Å². The Labute approximate surface area is 198 Å². The van der Waals surface area contributed by atoms with Crippen molar-refractivity contribution in [3.05, 3.63) is 59.7 Å². The summed E-state index contributed by atoms with van der Waals surface area (Å²) in [4.78, 5) is 35.3. The molecular formula is C26H30N2O6. The standard InChI is InChI=1S/C26H30N2O6/c29-24(28-18-7-5-6-17(14-18)25(30)31)16-33-13-12-27-26(32)34-15-23-21-10-3-1-8-19(21)20-9-2-4-11-22(20)23/h1-4,8-11,17-18,23H,5-7,12-16H2,(H,27,32)(H,28,29)(H,30,31)/t17-,18+/m1/s1. The fourth-order valence-electron chi connectivity index (χ4n) is 4.85. The van der Waals surface area contributed by atoms with Gasteiger partial charge in [0.05, 0.1) is 12.5 Å². The zero-order chi connectivity index (χ0) is 23.9. The molecule has 2 amide bonds. The van der Waals surface area contributed by atoms with Gasteiger partial charge in [-0.05, 0) is 41.5 Å². The molecule has 2 aliphatic carbocycles. The number of carbonyl (C=O) groups is 3. The summed E-state index contributed by atoms with van der Waals surface area (Å²) in [6.45, 7) is 0.483. The Kier molecular flexibility index (Phi) is 7.80. The van der Waals surface area contributed by atoms with Crippen molar-refractivity contribution in [2.45, 2.75) is 37.6 Å². The van der Waals surface area contributed by atoms with Crippen LogP contribution in [-0.2, 0) is 19.1 Å². The highest BCUT2D eigenvalue weighted by atomic mass is 16.5. The van der Waals surface area contributed by atoms with Crippen LogP contribution in [0.25, 0.3) is 11.1 Å². The van der Waals surface area contributed by atoms with Gasteiger partial charge in [-0.15, -0.1) is 0 Å². The average Bonchev–Trinajstić information content (AvgIpc) is 3.16. The number of hydrogen-bond donors (Lipinski definition) is 3. The van der Waals surface area contributed by atoms with Crippen molar-refractivity contribution in [1.82, 2.24) is 10.6 Å². The molecule has 0 unspecified atom stereocenters. The summed E-state index contributed by atoms with van der Waals surface area (Å²) in [5.41, 5.74) is 4.65. The van der Waals surface area contributed by atoms with Crippen LogP contribution in [0.4, 0.5) is 4.79 Å². The molecule has 0 heterocycles. The van der Waals surface area contributed by atoms with Crippen LogP contribution in [0.15, 0.2) is 48.5 Å². The van der Waals surface area contributed by atoms with E-state index < -0.39 is 18.0 Å². The van der Waals surface area contributed by atoms with E-state index in [1.165, 1.54) is 11.1 Å². The lowest BCUT2D eigenvalue weighted by Crippen LogP contribution is -2.41. The van der Waals surface area contributed by atoms with Gasteiger partial charge in [0.15, 0.2) is 0 Å². The molecule has 0 aromatic heterocycles. The first kappa shape index (κ1) is 23.8. The van der Waals surface area contributed by atoms with E-state index in [1.54, 1.807) is 0 Å². The molecule has 8 heteroatoms. The SMILES string of the molecule is O=C(COCCNC(=O)OCC1c2ccccc2-c2ccccc21)N[C@H]1CCC[C@@H](C(=O)O)C1. The molecule has 1 fully saturated rings. The minimum atomic E-state index is -0.811. The quantitative estimate of drug-likeness (QED) is 0.489. The predicted octanol–water partition coefficient (Wildman–Crippen LogP) is 3.30. The highest BCUT2D eigenvalue weighted by molar-refractivity contribution is 5.79. The van der Waals surface area contributed by atoms with Crippen LogP contribution in [0.1, 0.15) is 42.7 Å². The number of ether oxygens (including phenoxy) is 2. The first-order valence-electron chi connectivity index (χ1n) is 11.7. The van der Waals surface area contributed by atoms with E-state index in [0.29, 0.717) is 12.8 Å². The maximum absolute atomic E-state index is 12.2. The Bertz CT molecular complexity index is 994. The largest absolute Gasteiger partial charge is 0.481 e. The molecule has 4 rings (SSSR count). The number of benzene rings is 2. The highest BCUT2D eigenvalue weighted by Gasteiger charge is 2.29. The summed E-state index contributed by atoms with van der Waals surface area (Å²) in [6, 6.07) is 16.2. The van der Waals surface area contributed by atoms with E-state index in [2.05, 4.69) is 34.9 Å². The van der Waals surface area contributed by atoms with Crippen molar-refractivity contribution < 1.29 is 29.0 Å². The minimum Gasteiger partial charge on any atom is -0.481 e. The van der Waals surface area contributed by atoms with E-state index in [9.17, 15) is 14.4 Å². The van der Waals surface area contributed by atoms with Crippen molar-refractivity contribution in [2.24, 2.45) is 5.92 Å². The molecular weight excluding hydrogens is 436 g/mol. The lowest BCUT2D eigenvalue weighted by Gasteiger charge is -2.27. The second-order valence-corrected chi connectivity index (χ2v) is 8.77. The molecule has 1 saturated carbocycles. The van der Waals surface area contributed by atoms with Crippen LogP contribution in [0, 0.1) is 5.92 Å². The lowest BCUT2D eigenvalue weighted by molar-refractivity contribution is -0.143. The number of amides is 2. The first-order chi connectivity index (χ1) is 16.5. The maximum atomic E-state index is 12.2. The third-order valence-electron chi connectivity index (χ3n) is 6.48. The number of aliphatic carboxylic acids is 1. The van der Waals surface area contributed by atoms with Crippen molar-refractivity contribution in [1.29, 1.82) is 0 Å². The van der Waals surface area contributed by atoms with Crippen LogP contribution in [-0.4, -0.2) is 55.5 Å². The monoisotopic (exact) mass is 466 g/mol. The molecule has 2 aromatic carbocycles. The first-order valence-corrected chi connectivity index (χ1v) is 11.7. The molecule has 0 aliphatic heterocycles. The van der Waals surface area contributed by atoms with Gasteiger partial charge in [-0.3, -0.25) is 9.59 Å². The number of fused-ring (bicyclic) bond motifs is 3. The molecule has 2 aliphatic rings. The van der Waals surface area contributed by atoms with E-state index >= 15 is 0 Å². The molecule has 0 radical (unpaired) electrons. The van der Waals surface area contributed by atoms with Crippen LogP contribution in [0.2, 0.25) is 0 Å². The summed E-state index contributed by atoms with van der Waals surface area (Å²) >= 11 is 0. The summed E-state index contributed by atoms with van der Waals surface area (Å²) in [6.07, 6.45) is 2.13. The Morgan fingerprint density at radius 2 is 1.65 bits per heavy atom. The summed E-state index contributed by atoms with van der Waals surface area (Å²) < 4.78 is 10.8. The topological polar surface area (TPSA) is 114 Å². The van der Waals surface area contributed by atoms with Gasteiger partial charge in [0.25, 0.3) is 0 Å².